The van der Waals surface area contributed by atoms with Crippen LogP contribution in [-0.4, -0.2) is 43.6 Å². The molecule has 0 aliphatic carbocycles. The Kier molecular flexibility index (Phi) is 5.58. The largest absolute Gasteiger partial charge is 0.394 e. The Morgan fingerprint density at radius 1 is 1.26 bits per heavy atom. The van der Waals surface area contributed by atoms with Gasteiger partial charge in [-0.1, -0.05) is 23.7 Å². The minimum Gasteiger partial charge on any atom is -0.394 e. The SMILES string of the molecule is CC(CO)NC(=O)c1cc(-c2ccc(Cl)cc2)nn(-c2ccnnc2)c1=O. The first-order valence-electron chi connectivity index (χ1n) is 8.08. The fourth-order valence-corrected chi connectivity index (χ4v) is 2.48. The van der Waals surface area contributed by atoms with Crippen LogP contribution < -0.4 is 10.9 Å². The van der Waals surface area contributed by atoms with Gasteiger partial charge in [-0.25, -0.2) is 0 Å². The van der Waals surface area contributed by atoms with Crippen LogP contribution >= 0.6 is 11.6 Å². The summed E-state index contributed by atoms with van der Waals surface area (Å²) in [5, 5.41) is 24.1. The second-order valence-electron chi connectivity index (χ2n) is 5.82. The van der Waals surface area contributed by atoms with Crippen LogP contribution in [0.25, 0.3) is 16.9 Å². The van der Waals surface area contributed by atoms with Crippen molar-refractivity contribution in [2.24, 2.45) is 0 Å². The number of aromatic nitrogens is 4. The molecule has 3 aromatic rings. The van der Waals surface area contributed by atoms with E-state index in [9.17, 15) is 9.59 Å². The van der Waals surface area contributed by atoms with Crippen molar-refractivity contribution in [3.05, 3.63) is 69.7 Å². The van der Waals surface area contributed by atoms with Crippen molar-refractivity contribution in [2.45, 2.75) is 13.0 Å². The van der Waals surface area contributed by atoms with Gasteiger partial charge in [-0.05, 0) is 31.2 Å². The van der Waals surface area contributed by atoms with Crippen LogP contribution in [0.2, 0.25) is 5.02 Å². The normalized spacial score (nSPS) is 11.8. The molecule has 0 saturated heterocycles. The van der Waals surface area contributed by atoms with E-state index in [1.807, 2.05) is 0 Å². The molecule has 0 saturated carbocycles. The molecule has 0 bridgehead atoms. The first kappa shape index (κ1) is 18.7. The maximum Gasteiger partial charge on any atom is 0.284 e. The van der Waals surface area contributed by atoms with E-state index < -0.39 is 17.5 Å². The minimum absolute atomic E-state index is 0.105. The first-order chi connectivity index (χ1) is 13.0. The second kappa shape index (κ2) is 8.07. The van der Waals surface area contributed by atoms with Gasteiger partial charge < -0.3 is 10.4 Å². The molecular formula is C18H16ClN5O3. The molecule has 0 radical (unpaired) electrons. The number of amides is 1. The number of hydrogen-bond donors (Lipinski definition) is 2. The Bertz CT molecular complexity index is 1010. The van der Waals surface area contributed by atoms with E-state index in [4.69, 9.17) is 16.7 Å². The number of halogens is 1. The standard InChI is InChI=1S/C18H16ClN5O3/c1-11(10-25)22-17(26)15-8-16(12-2-4-13(19)5-3-12)23-24(18(15)27)14-6-7-20-21-9-14/h2-9,11,25H,10H2,1H3,(H,22,26). The number of hydrogen-bond acceptors (Lipinski definition) is 6. The average Bonchev–Trinajstić information content (AvgIpc) is 2.69. The summed E-state index contributed by atoms with van der Waals surface area (Å²) in [6.07, 6.45) is 2.80. The zero-order valence-electron chi connectivity index (χ0n) is 14.3. The summed E-state index contributed by atoms with van der Waals surface area (Å²) in [5.41, 5.74) is 0.745. The van der Waals surface area contributed by atoms with Crippen LogP contribution in [0.4, 0.5) is 0 Å². The van der Waals surface area contributed by atoms with Crippen molar-refractivity contribution in [1.82, 2.24) is 25.3 Å². The third-order valence-corrected chi connectivity index (χ3v) is 4.01. The van der Waals surface area contributed by atoms with E-state index in [0.717, 1.165) is 4.68 Å². The van der Waals surface area contributed by atoms with Gasteiger partial charge in [0, 0.05) is 16.6 Å². The molecule has 2 aromatic heterocycles. The summed E-state index contributed by atoms with van der Waals surface area (Å²) in [6.45, 7) is 1.38. The van der Waals surface area contributed by atoms with Gasteiger partial charge >= 0.3 is 0 Å². The maximum atomic E-state index is 12.8. The Hall–Kier alpha value is -3.10. The van der Waals surface area contributed by atoms with Gasteiger partial charge in [0.05, 0.1) is 30.4 Å². The Morgan fingerprint density at radius 3 is 2.63 bits per heavy atom. The molecule has 8 nitrogen and oxygen atoms in total. The molecule has 1 aromatic carbocycles. The highest BCUT2D eigenvalue weighted by Crippen LogP contribution is 2.20. The molecule has 0 fully saturated rings. The molecule has 27 heavy (non-hydrogen) atoms. The molecule has 1 unspecified atom stereocenters. The van der Waals surface area contributed by atoms with Crippen LogP contribution in [0.5, 0.6) is 0 Å². The molecule has 0 aliphatic rings. The fourth-order valence-electron chi connectivity index (χ4n) is 2.35. The highest BCUT2D eigenvalue weighted by Gasteiger charge is 2.19. The molecule has 2 N–H and O–H groups in total. The minimum atomic E-state index is -0.608. The van der Waals surface area contributed by atoms with E-state index in [1.54, 1.807) is 37.3 Å². The Labute approximate surface area is 159 Å². The van der Waals surface area contributed by atoms with Crippen molar-refractivity contribution in [3.63, 3.8) is 0 Å². The molecule has 0 spiro atoms. The fraction of sp³-hybridized carbons (Fsp3) is 0.167. The molecule has 0 aliphatic heterocycles. The second-order valence-corrected chi connectivity index (χ2v) is 6.26. The van der Waals surface area contributed by atoms with Crippen LogP contribution in [0, 0.1) is 0 Å². The monoisotopic (exact) mass is 385 g/mol. The lowest BCUT2D eigenvalue weighted by Gasteiger charge is -2.13. The van der Waals surface area contributed by atoms with Crippen molar-refractivity contribution in [2.75, 3.05) is 6.61 Å². The number of aliphatic hydroxyl groups is 1. The predicted octanol–water partition coefficient (Wildman–Crippen LogP) is 1.45. The quantitative estimate of drug-likeness (QED) is 0.688. The van der Waals surface area contributed by atoms with Crippen LogP contribution in [0.3, 0.4) is 0 Å². The molecular weight excluding hydrogens is 370 g/mol. The van der Waals surface area contributed by atoms with Crippen LogP contribution in [0.15, 0.2) is 53.6 Å². The summed E-state index contributed by atoms with van der Waals surface area (Å²) in [6, 6.07) is 9.33. The van der Waals surface area contributed by atoms with Crippen molar-refractivity contribution < 1.29 is 9.90 Å². The van der Waals surface area contributed by atoms with E-state index in [2.05, 4.69) is 20.6 Å². The summed E-state index contributed by atoms with van der Waals surface area (Å²) < 4.78 is 1.09. The molecule has 138 valence electrons. The van der Waals surface area contributed by atoms with Crippen molar-refractivity contribution in [3.8, 4) is 16.9 Å². The van der Waals surface area contributed by atoms with Gasteiger partial charge in [0.1, 0.15) is 5.56 Å². The summed E-state index contributed by atoms with van der Waals surface area (Å²) in [7, 11) is 0. The van der Waals surface area contributed by atoms with Gasteiger partial charge in [0.15, 0.2) is 0 Å². The first-order valence-corrected chi connectivity index (χ1v) is 8.46. The average molecular weight is 386 g/mol. The van der Waals surface area contributed by atoms with Crippen LogP contribution in [-0.2, 0) is 0 Å². The Balaban J connectivity index is 2.17. The summed E-state index contributed by atoms with van der Waals surface area (Å²) in [5.74, 6) is -0.602. The molecule has 2 heterocycles. The van der Waals surface area contributed by atoms with Gasteiger partial charge in [-0.2, -0.15) is 20.0 Å². The number of rotatable bonds is 5. The highest BCUT2D eigenvalue weighted by molar-refractivity contribution is 6.30. The number of nitrogens with one attached hydrogen (secondary N) is 1. The topological polar surface area (TPSA) is 110 Å². The third kappa shape index (κ3) is 4.18. The molecule has 1 atom stereocenters. The zero-order valence-corrected chi connectivity index (χ0v) is 15.1. The third-order valence-electron chi connectivity index (χ3n) is 3.76. The smallest absolute Gasteiger partial charge is 0.284 e. The van der Waals surface area contributed by atoms with E-state index in [0.29, 0.717) is 22.0 Å². The molecule has 9 heteroatoms. The number of nitrogens with zero attached hydrogens (tertiary/aromatic N) is 4. The van der Waals surface area contributed by atoms with Gasteiger partial charge in [0.2, 0.25) is 0 Å². The number of aliphatic hydroxyl groups excluding tert-OH is 1. The molecule has 1 amide bonds. The number of carbonyl (C=O) groups excluding carboxylic acids is 1. The lowest BCUT2D eigenvalue weighted by Crippen LogP contribution is -2.39. The van der Waals surface area contributed by atoms with Gasteiger partial charge in [-0.15, -0.1) is 0 Å². The van der Waals surface area contributed by atoms with E-state index in [1.165, 1.54) is 18.5 Å². The zero-order chi connectivity index (χ0) is 19.4. The van der Waals surface area contributed by atoms with Gasteiger partial charge in [0.25, 0.3) is 11.5 Å². The van der Waals surface area contributed by atoms with Crippen molar-refractivity contribution >= 4 is 17.5 Å². The van der Waals surface area contributed by atoms with E-state index in [-0.39, 0.29) is 12.2 Å². The van der Waals surface area contributed by atoms with E-state index >= 15 is 0 Å². The highest BCUT2D eigenvalue weighted by atomic mass is 35.5. The number of benzene rings is 1. The lowest BCUT2D eigenvalue weighted by atomic mass is 10.1. The predicted molar refractivity (Wildman–Crippen MR) is 99.9 cm³/mol. The molecule has 3 rings (SSSR count). The summed E-state index contributed by atoms with van der Waals surface area (Å²) >= 11 is 5.93. The lowest BCUT2D eigenvalue weighted by molar-refractivity contribution is 0.0920. The van der Waals surface area contributed by atoms with Crippen molar-refractivity contribution in [1.29, 1.82) is 0 Å². The summed E-state index contributed by atoms with van der Waals surface area (Å²) in [4.78, 5) is 25.4. The van der Waals surface area contributed by atoms with Gasteiger partial charge in [-0.3, -0.25) is 9.59 Å². The maximum absolute atomic E-state index is 12.8. The van der Waals surface area contributed by atoms with Crippen LogP contribution in [0.1, 0.15) is 17.3 Å². The number of carbonyl (C=O) groups is 1. The Morgan fingerprint density at radius 2 is 2.00 bits per heavy atom.